The van der Waals surface area contributed by atoms with Crippen molar-refractivity contribution in [3.63, 3.8) is 0 Å². The first-order valence-corrected chi connectivity index (χ1v) is 11.6. The van der Waals surface area contributed by atoms with Crippen LogP contribution in [0.4, 0.5) is 11.6 Å². The lowest BCUT2D eigenvalue weighted by Crippen LogP contribution is -2.08. The Morgan fingerprint density at radius 1 is 0.906 bits per heavy atom. The Labute approximate surface area is 190 Å². The minimum atomic E-state index is 0.565. The summed E-state index contributed by atoms with van der Waals surface area (Å²) in [4.78, 5) is 12.2. The van der Waals surface area contributed by atoms with Gasteiger partial charge in [0.1, 0.15) is 23.3 Å². The number of nitrogens with one attached hydrogen (secondary N) is 4. The molecule has 0 aliphatic carbocycles. The summed E-state index contributed by atoms with van der Waals surface area (Å²) in [7, 11) is 0. The summed E-state index contributed by atoms with van der Waals surface area (Å²) in [5.41, 5.74) is 5.08. The van der Waals surface area contributed by atoms with E-state index < -0.39 is 0 Å². The van der Waals surface area contributed by atoms with Crippen LogP contribution in [0.15, 0.2) is 71.9 Å². The van der Waals surface area contributed by atoms with Gasteiger partial charge in [-0.05, 0) is 35.6 Å². The number of para-hydroxylation sites is 2. The quantitative estimate of drug-likeness (QED) is 0.239. The zero-order valence-electron chi connectivity index (χ0n) is 17.6. The summed E-state index contributed by atoms with van der Waals surface area (Å²) in [6.45, 7) is 1.21. The predicted octanol–water partition coefficient (Wildman–Crippen LogP) is 5.86. The Balaban J connectivity index is 1.40. The first kappa shape index (κ1) is 20.0. The smallest absolute Gasteiger partial charge is 0.147 e. The van der Waals surface area contributed by atoms with Crippen molar-refractivity contribution in [3.05, 3.63) is 83.7 Å². The van der Waals surface area contributed by atoms with Gasteiger partial charge in [0.05, 0.1) is 0 Å². The minimum Gasteiger partial charge on any atom is -0.366 e. The Kier molecular flexibility index (Phi) is 5.44. The molecule has 0 amide bonds. The summed E-state index contributed by atoms with van der Waals surface area (Å²) in [6.07, 6.45) is 5.99. The summed E-state index contributed by atoms with van der Waals surface area (Å²) in [5, 5.41) is 18.9. The highest BCUT2D eigenvalue weighted by molar-refractivity contribution is 7.98. The van der Waals surface area contributed by atoms with Crippen LogP contribution in [-0.2, 0) is 13.1 Å². The molecule has 3 aromatic heterocycles. The molecular weight excluding hydrogens is 416 g/mol. The molecule has 4 N–H and O–H groups in total. The fourth-order valence-electron chi connectivity index (χ4n) is 3.93. The summed E-state index contributed by atoms with van der Waals surface area (Å²) >= 11 is 1.55. The molecule has 0 saturated heterocycles. The average Bonchev–Trinajstić information content (AvgIpc) is 3.45. The second-order valence-electron chi connectivity index (χ2n) is 7.47. The van der Waals surface area contributed by atoms with Crippen LogP contribution in [-0.4, -0.2) is 21.2 Å². The first-order chi connectivity index (χ1) is 15.8. The number of rotatable bonds is 7. The third-order valence-electron chi connectivity index (χ3n) is 5.57. The molecule has 7 heteroatoms. The fourth-order valence-corrected chi connectivity index (χ4v) is 4.51. The molecule has 5 aromatic rings. The van der Waals surface area contributed by atoms with Crippen LogP contribution in [0.5, 0.6) is 0 Å². The van der Waals surface area contributed by atoms with E-state index in [0.717, 1.165) is 32.7 Å². The molecule has 158 valence electrons. The molecule has 0 fully saturated rings. The van der Waals surface area contributed by atoms with Gasteiger partial charge in [-0.1, -0.05) is 36.4 Å². The number of anilines is 2. The van der Waals surface area contributed by atoms with Crippen LogP contribution in [0.25, 0.3) is 21.8 Å². The van der Waals surface area contributed by atoms with Crippen molar-refractivity contribution >= 4 is 45.2 Å². The Bertz CT molecular complexity index is 1440. The lowest BCUT2D eigenvalue weighted by atomic mass is 10.1. The van der Waals surface area contributed by atoms with E-state index in [4.69, 9.17) is 4.98 Å². The molecule has 0 unspecified atom stereocenters. The van der Waals surface area contributed by atoms with Crippen molar-refractivity contribution in [2.45, 2.75) is 18.0 Å². The van der Waals surface area contributed by atoms with Gasteiger partial charge in [-0.2, -0.15) is 5.26 Å². The monoisotopic (exact) mass is 438 g/mol. The number of H-pyrrole nitrogens is 2. The number of aromatic nitrogens is 3. The Hall–Kier alpha value is -3.89. The molecule has 5 rings (SSSR count). The largest absolute Gasteiger partial charge is 0.366 e. The van der Waals surface area contributed by atoms with Crippen LogP contribution in [0, 0.1) is 11.3 Å². The number of thioether (sulfide) groups is 1. The maximum absolute atomic E-state index is 9.77. The second kappa shape index (κ2) is 8.69. The summed E-state index contributed by atoms with van der Waals surface area (Å²) in [6, 6.07) is 20.7. The van der Waals surface area contributed by atoms with Gasteiger partial charge in [-0.15, -0.1) is 11.8 Å². The van der Waals surface area contributed by atoms with E-state index in [1.807, 2.05) is 49.0 Å². The molecule has 32 heavy (non-hydrogen) atoms. The minimum absolute atomic E-state index is 0.565. The highest BCUT2D eigenvalue weighted by Crippen LogP contribution is 2.29. The number of fused-ring (bicyclic) bond motifs is 2. The molecule has 0 bridgehead atoms. The molecule has 0 radical (unpaired) electrons. The van der Waals surface area contributed by atoms with E-state index in [1.54, 1.807) is 11.8 Å². The number of benzene rings is 2. The van der Waals surface area contributed by atoms with Crippen molar-refractivity contribution in [1.29, 1.82) is 5.26 Å². The van der Waals surface area contributed by atoms with Crippen molar-refractivity contribution in [1.82, 2.24) is 15.0 Å². The average molecular weight is 439 g/mol. The van der Waals surface area contributed by atoms with E-state index in [1.165, 1.54) is 10.9 Å². The molecule has 0 saturated carbocycles. The first-order valence-electron chi connectivity index (χ1n) is 10.3. The molecule has 0 atom stereocenters. The third kappa shape index (κ3) is 3.77. The normalized spacial score (nSPS) is 11.0. The summed E-state index contributed by atoms with van der Waals surface area (Å²) < 4.78 is 0. The van der Waals surface area contributed by atoms with Gasteiger partial charge in [-0.3, -0.25) is 0 Å². The third-order valence-corrected chi connectivity index (χ3v) is 6.33. The number of pyridine rings is 1. The van der Waals surface area contributed by atoms with Crippen molar-refractivity contribution in [3.8, 4) is 6.07 Å². The van der Waals surface area contributed by atoms with Gasteiger partial charge in [-0.25, -0.2) is 4.98 Å². The van der Waals surface area contributed by atoms with E-state index in [0.29, 0.717) is 24.5 Å². The topological polar surface area (TPSA) is 92.3 Å². The summed E-state index contributed by atoms with van der Waals surface area (Å²) in [5.74, 6) is 1.33. The maximum Gasteiger partial charge on any atom is 0.147 e. The highest BCUT2D eigenvalue weighted by atomic mass is 32.2. The van der Waals surface area contributed by atoms with Crippen LogP contribution in [0.2, 0.25) is 0 Å². The zero-order chi connectivity index (χ0) is 21.9. The number of hydrogen-bond donors (Lipinski definition) is 4. The van der Waals surface area contributed by atoms with Gasteiger partial charge in [0.15, 0.2) is 0 Å². The number of nitriles is 1. The molecule has 0 spiro atoms. The van der Waals surface area contributed by atoms with Crippen LogP contribution < -0.4 is 10.6 Å². The SMILES string of the molecule is CSc1cc(NCc2c[nH]c3ccccc23)nc(NCc2c[nH]c3ccccc23)c1C#N. The molecule has 6 nitrogen and oxygen atoms in total. The van der Waals surface area contributed by atoms with E-state index in [-0.39, 0.29) is 0 Å². The standard InChI is InChI=1S/C25H22N6S/c1-32-23-10-24(29-14-16-12-27-21-8-4-2-6-18(16)21)31-25(20(23)11-26)30-15-17-13-28-22-9-5-3-7-19(17)22/h2-10,12-13,27-28H,14-15H2,1H3,(H2,29,30,31). The molecule has 0 aliphatic heterocycles. The van der Waals surface area contributed by atoms with Gasteiger partial charge >= 0.3 is 0 Å². The zero-order valence-corrected chi connectivity index (χ0v) is 18.4. The molecular formula is C25H22N6S. The van der Waals surface area contributed by atoms with Crippen molar-refractivity contribution in [2.75, 3.05) is 16.9 Å². The fraction of sp³-hybridized carbons (Fsp3) is 0.120. The maximum atomic E-state index is 9.77. The van der Waals surface area contributed by atoms with E-state index in [2.05, 4.69) is 50.9 Å². The number of nitrogens with zero attached hydrogens (tertiary/aromatic N) is 2. The van der Waals surface area contributed by atoms with Gasteiger partial charge in [0, 0.05) is 52.2 Å². The van der Waals surface area contributed by atoms with Crippen LogP contribution in [0.1, 0.15) is 16.7 Å². The van der Waals surface area contributed by atoms with Gasteiger partial charge in [0.25, 0.3) is 0 Å². The lowest BCUT2D eigenvalue weighted by molar-refractivity contribution is 1.07. The molecule has 3 heterocycles. The van der Waals surface area contributed by atoms with Gasteiger partial charge in [0.2, 0.25) is 0 Å². The van der Waals surface area contributed by atoms with Crippen LogP contribution >= 0.6 is 11.8 Å². The Morgan fingerprint density at radius 3 is 2.09 bits per heavy atom. The van der Waals surface area contributed by atoms with E-state index >= 15 is 0 Å². The van der Waals surface area contributed by atoms with E-state index in [9.17, 15) is 5.26 Å². The van der Waals surface area contributed by atoms with Crippen LogP contribution in [0.3, 0.4) is 0 Å². The number of hydrogen-bond acceptors (Lipinski definition) is 5. The van der Waals surface area contributed by atoms with Crippen molar-refractivity contribution < 1.29 is 0 Å². The molecule has 0 aliphatic rings. The molecule has 2 aromatic carbocycles. The predicted molar refractivity (Wildman–Crippen MR) is 132 cm³/mol. The van der Waals surface area contributed by atoms with Gasteiger partial charge < -0.3 is 20.6 Å². The van der Waals surface area contributed by atoms with Crippen molar-refractivity contribution in [2.24, 2.45) is 0 Å². The lowest BCUT2D eigenvalue weighted by Gasteiger charge is -2.13. The second-order valence-corrected chi connectivity index (χ2v) is 8.32. The number of aromatic amines is 2. The highest BCUT2D eigenvalue weighted by Gasteiger charge is 2.14. The Morgan fingerprint density at radius 2 is 1.50 bits per heavy atom.